The Labute approximate surface area is 217 Å². The van der Waals surface area contributed by atoms with Crippen molar-refractivity contribution >= 4 is 33.3 Å². The lowest BCUT2D eigenvalue weighted by molar-refractivity contribution is 0.0373. The van der Waals surface area contributed by atoms with E-state index in [1.807, 2.05) is 6.92 Å². The van der Waals surface area contributed by atoms with Gasteiger partial charge >= 0.3 is 6.03 Å². The normalized spacial score (nSPS) is 18.5. The second kappa shape index (κ2) is 11.7. The van der Waals surface area contributed by atoms with E-state index in [2.05, 4.69) is 10.0 Å². The summed E-state index contributed by atoms with van der Waals surface area (Å²) in [5.41, 5.74) is 0.869. The van der Waals surface area contributed by atoms with Crippen LogP contribution in [0.15, 0.2) is 42.5 Å². The molecule has 0 saturated heterocycles. The standard InChI is InChI=1S/C25H34N4O7S/c1-16-13-29(17(2)15-30)24(31)20-7-6-8-21(27-37(5,33)34)23(20)36-22(16)14-28(3)25(32)26-18-9-11-19(35-4)12-10-18/h6-12,16-17,22,27,30H,13-15H2,1-5H3,(H,26,32)/t16-,17+,22+/m1/s1. The Morgan fingerprint density at radius 3 is 2.54 bits per heavy atom. The SMILES string of the molecule is COc1ccc(NC(=O)N(C)C[C@@H]2Oc3c(NS(C)(=O)=O)cccc3C(=O)N([C@@H](C)CO)C[C@H]2C)cc1. The fraction of sp³-hybridized carbons (Fsp3) is 0.440. The van der Waals surface area contributed by atoms with Crippen molar-refractivity contribution in [2.45, 2.75) is 26.0 Å². The number of sulfonamides is 1. The van der Waals surface area contributed by atoms with E-state index >= 15 is 0 Å². The number of carbonyl (C=O) groups excluding carboxylic acids is 2. The molecule has 2 aromatic carbocycles. The van der Waals surface area contributed by atoms with Crippen LogP contribution in [0.25, 0.3) is 0 Å². The first-order valence-electron chi connectivity index (χ1n) is 11.8. The molecule has 1 aliphatic rings. The number of rotatable bonds is 8. The first-order chi connectivity index (χ1) is 17.4. The summed E-state index contributed by atoms with van der Waals surface area (Å²) in [5.74, 6) is 0.0864. The molecule has 1 heterocycles. The molecule has 3 amide bonds. The third kappa shape index (κ3) is 7.04. The van der Waals surface area contributed by atoms with Gasteiger partial charge in [-0.25, -0.2) is 13.2 Å². The van der Waals surface area contributed by atoms with Crippen molar-refractivity contribution < 1.29 is 32.6 Å². The lowest BCUT2D eigenvalue weighted by atomic mass is 9.99. The molecular weight excluding hydrogens is 500 g/mol. The number of methoxy groups -OCH3 is 1. The van der Waals surface area contributed by atoms with Crippen LogP contribution in [0.2, 0.25) is 0 Å². The highest BCUT2D eigenvalue weighted by molar-refractivity contribution is 7.92. The van der Waals surface area contributed by atoms with E-state index in [1.54, 1.807) is 62.4 Å². The molecule has 12 heteroatoms. The van der Waals surface area contributed by atoms with Gasteiger partial charge in [0, 0.05) is 25.2 Å². The highest BCUT2D eigenvalue weighted by Crippen LogP contribution is 2.35. The molecule has 0 fully saturated rings. The zero-order valence-corrected chi connectivity index (χ0v) is 22.4. The summed E-state index contributed by atoms with van der Waals surface area (Å²) >= 11 is 0. The van der Waals surface area contributed by atoms with Crippen molar-refractivity contribution in [2.75, 3.05) is 50.1 Å². The highest BCUT2D eigenvalue weighted by atomic mass is 32.2. The summed E-state index contributed by atoms with van der Waals surface area (Å²) in [4.78, 5) is 29.3. The van der Waals surface area contributed by atoms with Crippen molar-refractivity contribution in [1.82, 2.24) is 9.80 Å². The largest absolute Gasteiger partial charge is 0.497 e. The van der Waals surface area contributed by atoms with Crippen LogP contribution in [0.5, 0.6) is 11.5 Å². The van der Waals surface area contributed by atoms with Crippen LogP contribution in [0.1, 0.15) is 24.2 Å². The van der Waals surface area contributed by atoms with Gasteiger partial charge < -0.3 is 29.7 Å². The monoisotopic (exact) mass is 534 g/mol. The Morgan fingerprint density at radius 2 is 1.95 bits per heavy atom. The third-order valence-electron chi connectivity index (χ3n) is 6.13. The predicted octanol–water partition coefficient (Wildman–Crippen LogP) is 2.45. The number of aliphatic hydroxyl groups excluding tert-OH is 1. The van der Waals surface area contributed by atoms with Crippen LogP contribution in [-0.4, -0.2) is 87.5 Å². The Kier molecular flexibility index (Phi) is 8.87. The number of benzene rings is 2. The molecule has 0 radical (unpaired) electrons. The van der Waals surface area contributed by atoms with E-state index in [0.29, 0.717) is 11.4 Å². The molecule has 2 aromatic rings. The minimum absolute atomic E-state index is 0.0774. The number of para-hydroxylation sites is 1. The molecule has 0 spiro atoms. The average Bonchev–Trinajstić information content (AvgIpc) is 2.85. The quantitative estimate of drug-likeness (QED) is 0.473. The second-order valence-electron chi connectivity index (χ2n) is 9.22. The maximum absolute atomic E-state index is 13.4. The van der Waals surface area contributed by atoms with Crippen molar-refractivity contribution in [3.63, 3.8) is 0 Å². The van der Waals surface area contributed by atoms with Crippen LogP contribution in [-0.2, 0) is 10.0 Å². The first kappa shape index (κ1) is 28.1. The van der Waals surface area contributed by atoms with E-state index in [4.69, 9.17) is 9.47 Å². The maximum Gasteiger partial charge on any atom is 0.321 e. The van der Waals surface area contributed by atoms with Crippen molar-refractivity contribution in [3.8, 4) is 11.5 Å². The van der Waals surface area contributed by atoms with Gasteiger partial charge in [-0.2, -0.15) is 0 Å². The van der Waals surface area contributed by atoms with E-state index in [0.717, 1.165) is 6.26 Å². The number of amides is 3. The Hall–Kier alpha value is -3.51. The molecule has 3 N–H and O–H groups in total. The molecule has 202 valence electrons. The van der Waals surface area contributed by atoms with E-state index in [1.165, 1.54) is 11.0 Å². The average molecular weight is 535 g/mol. The van der Waals surface area contributed by atoms with Gasteiger partial charge in [0.2, 0.25) is 10.0 Å². The number of anilines is 2. The third-order valence-corrected chi connectivity index (χ3v) is 6.72. The number of carbonyl (C=O) groups is 2. The first-order valence-corrected chi connectivity index (χ1v) is 13.7. The number of nitrogens with one attached hydrogen (secondary N) is 2. The smallest absolute Gasteiger partial charge is 0.321 e. The number of fused-ring (bicyclic) bond motifs is 1. The number of ether oxygens (including phenoxy) is 2. The molecular formula is C25H34N4O7S. The number of nitrogens with zero attached hydrogens (tertiary/aromatic N) is 2. The molecule has 0 aromatic heterocycles. The van der Waals surface area contributed by atoms with E-state index < -0.39 is 22.2 Å². The Bertz CT molecular complexity index is 1220. The van der Waals surface area contributed by atoms with Gasteiger partial charge in [0.1, 0.15) is 11.9 Å². The van der Waals surface area contributed by atoms with E-state index in [-0.39, 0.29) is 54.6 Å². The van der Waals surface area contributed by atoms with Gasteiger partial charge in [-0.3, -0.25) is 9.52 Å². The second-order valence-corrected chi connectivity index (χ2v) is 11.0. The van der Waals surface area contributed by atoms with Gasteiger partial charge in [0.15, 0.2) is 5.75 Å². The zero-order chi connectivity index (χ0) is 27.3. The Morgan fingerprint density at radius 1 is 1.27 bits per heavy atom. The lowest BCUT2D eigenvalue weighted by Crippen LogP contribution is -2.50. The molecule has 0 saturated carbocycles. The van der Waals surface area contributed by atoms with Gasteiger partial charge in [-0.1, -0.05) is 13.0 Å². The summed E-state index contributed by atoms with van der Waals surface area (Å²) in [7, 11) is -0.492. The number of hydrogen-bond donors (Lipinski definition) is 3. The topological polar surface area (TPSA) is 138 Å². The summed E-state index contributed by atoms with van der Waals surface area (Å²) < 4.78 is 37.8. The van der Waals surface area contributed by atoms with Gasteiger partial charge in [-0.05, 0) is 43.3 Å². The molecule has 1 aliphatic heterocycles. The Balaban J connectivity index is 1.91. The van der Waals surface area contributed by atoms with Crippen molar-refractivity contribution in [1.29, 1.82) is 0 Å². The van der Waals surface area contributed by atoms with Crippen LogP contribution in [0, 0.1) is 5.92 Å². The molecule has 0 aliphatic carbocycles. The van der Waals surface area contributed by atoms with Crippen LogP contribution in [0.3, 0.4) is 0 Å². The fourth-order valence-corrected chi connectivity index (χ4v) is 4.55. The predicted molar refractivity (Wildman–Crippen MR) is 141 cm³/mol. The van der Waals surface area contributed by atoms with Crippen LogP contribution in [0.4, 0.5) is 16.2 Å². The molecule has 3 atom stereocenters. The molecule has 3 rings (SSSR count). The summed E-state index contributed by atoms with van der Waals surface area (Å²) in [6, 6.07) is 10.7. The molecule has 0 bridgehead atoms. The highest BCUT2D eigenvalue weighted by Gasteiger charge is 2.35. The van der Waals surface area contributed by atoms with Crippen LogP contribution < -0.4 is 19.5 Å². The summed E-state index contributed by atoms with van der Waals surface area (Å²) in [5, 5.41) is 12.6. The summed E-state index contributed by atoms with van der Waals surface area (Å²) in [6.45, 7) is 3.77. The van der Waals surface area contributed by atoms with Gasteiger partial charge in [0.05, 0.1) is 43.8 Å². The minimum atomic E-state index is -3.67. The molecule has 11 nitrogen and oxygen atoms in total. The number of likely N-dealkylation sites (N-methyl/N-ethyl adjacent to an activating group) is 1. The molecule has 0 unspecified atom stereocenters. The summed E-state index contributed by atoms with van der Waals surface area (Å²) in [6.07, 6.45) is 0.406. The van der Waals surface area contributed by atoms with Crippen molar-refractivity contribution in [2.24, 2.45) is 5.92 Å². The van der Waals surface area contributed by atoms with Crippen LogP contribution >= 0.6 is 0 Å². The maximum atomic E-state index is 13.4. The fourth-order valence-electron chi connectivity index (χ4n) is 3.99. The van der Waals surface area contributed by atoms with E-state index in [9.17, 15) is 23.1 Å². The number of aliphatic hydroxyl groups is 1. The van der Waals surface area contributed by atoms with Gasteiger partial charge in [-0.15, -0.1) is 0 Å². The lowest BCUT2D eigenvalue weighted by Gasteiger charge is -2.38. The number of hydrogen-bond acceptors (Lipinski definition) is 7. The minimum Gasteiger partial charge on any atom is -0.497 e. The molecule has 37 heavy (non-hydrogen) atoms. The zero-order valence-electron chi connectivity index (χ0n) is 21.6. The van der Waals surface area contributed by atoms with Crippen molar-refractivity contribution in [3.05, 3.63) is 48.0 Å². The number of urea groups is 1. The van der Waals surface area contributed by atoms with Gasteiger partial charge in [0.25, 0.3) is 5.91 Å².